The highest BCUT2D eigenvalue weighted by Gasteiger charge is 2.26. The third-order valence-electron chi connectivity index (χ3n) is 6.02. The van der Waals surface area contributed by atoms with Gasteiger partial charge in [0, 0.05) is 37.4 Å². The van der Waals surface area contributed by atoms with E-state index < -0.39 is 0 Å². The molecule has 1 saturated heterocycles. The summed E-state index contributed by atoms with van der Waals surface area (Å²) in [6.45, 7) is 1.60. The van der Waals surface area contributed by atoms with Crippen LogP contribution in [0.5, 0.6) is 17.2 Å². The second-order valence-electron chi connectivity index (χ2n) is 8.79. The van der Waals surface area contributed by atoms with Gasteiger partial charge in [-0.3, -0.25) is 9.59 Å². The van der Waals surface area contributed by atoms with Crippen molar-refractivity contribution in [2.75, 3.05) is 38.2 Å². The molecule has 1 fully saturated rings. The lowest BCUT2D eigenvalue weighted by Crippen LogP contribution is -2.44. The van der Waals surface area contributed by atoms with E-state index in [9.17, 15) is 9.59 Å². The standard InChI is InChI=1S/C28H32N4O4/c1-35-25-11-5-7-21(15-25)17-30-27(33)19-32(20-28(34)31-14-13-22(29)18-31)23-8-6-12-26(16-23)36-24-9-3-2-4-10-24/h2-12,15-16,22H,13-14,17-20,29H2,1H3,(H,30,33). The van der Waals surface area contributed by atoms with Crippen LogP contribution in [0.1, 0.15) is 12.0 Å². The molecule has 1 heterocycles. The van der Waals surface area contributed by atoms with Crippen LogP contribution in [-0.2, 0) is 16.1 Å². The Morgan fingerprint density at radius 3 is 2.47 bits per heavy atom. The Morgan fingerprint density at radius 2 is 1.72 bits per heavy atom. The molecule has 4 rings (SSSR count). The predicted octanol–water partition coefficient (Wildman–Crippen LogP) is 3.17. The summed E-state index contributed by atoms with van der Waals surface area (Å²) in [5.41, 5.74) is 7.64. The fraction of sp³-hybridized carbons (Fsp3) is 0.286. The highest BCUT2D eigenvalue weighted by molar-refractivity contribution is 5.86. The summed E-state index contributed by atoms with van der Waals surface area (Å²) in [5.74, 6) is 1.81. The summed E-state index contributed by atoms with van der Waals surface area (Å²) in [6.07, 6.45) is 0.785. The predicted molar refractivity (Wildman–Crippen MR) is 139 cm³/mol. The van der Waals surface area contributed by atoms with Crippen molar-refractivity contribution < 1.29 is 19.1 Å². The molecule has 1 aliphatic heterocycles. The number of para-hydroxylation sites is 1. The van der Waals surface area contributed by atoms with Crippen LogP contribution in [0.25, 0.3) is 0 Å². The van der Waals surface area contributed by atoms with Crippen molar-refractivity contribution in [1.29, 1.82) is 0 Å². The van der Waals surface area contributed by atoms with Gasteiger partial charge in [0.25, 0.3) is 0 Å². The number of amides is 2. The van der Waals surface area contributed by atoms with Crippen LogP contribution in [0.15, 0.2) is 78.9 Å². The Bertz CT molecular complexity index is 1170. The van der Waals surface area contributed by atoms with Crippen molar-refractivity contribution in [3.05, 3.63) is 84.4 Å². The fourth-order valence-corrected chi connectivity index (χ4v) is 4.10. The Hall–Kier alpha value is -4.04. The zero-order valence-corrected chi connectivity index (χ0v) is 20.4. The van der Waals surface area contributed by atoms with Gasteiger partial charge in [0.05, 0.1) is 20.2 Å². The average Bonchev–Trinajstić information content (AvgIpc) is 3.34. The molecule has 2 amide bonds. The summed E-state index contributed by atoms with van der Waals surface area (Å²) in [4.78, 5) is 29.5. The quantitative estimate of drug-likeness (QED) is 0.455. The fourth-order valence-electron chi connectivity index (χ4n) is 4.10. The van der Waals surface area contributed by atoms with Crippen LogP contribution in [0, 0.1) is 0 Å². The molecule has 0 saturated carbocycles. The smallest absolute Gasteiger partial charge is 0.242 e. The van der Waals surface area contributed by atoms with Crippen molar-refractivity contribution in [3.63, 3.8) is 0 Å². The molecule has 188 valence electrons. The van der Waals surface area contributed by atoms with E-state index in [0.717, 1.165) is 23.4 Å². The number of carbonyl (C=O) groups excluding carboxylic acids is 2. The van der Waals surface area contributed by atoms with Crippen molar-refractivity contribution in [2.45, 2.75) is 19.0 Å². The second kappa shape index (κ2) is 12.1. The van der Waals surface area contributed by atoms with E-state index in [4.69, 9.17) is 15.2 Å². The average molecular weight is 489 g/mol. The number of benzene rings is 3. The molecule has 1 unspecified atom stereocenters. The molecule has 0 spiro atoms. The number of carbonyl (C=O) groups is 2. The number of anilines is 1. The molecule has 8 heteroatoms. The van der Waals surface area contributed by atoms with E-state index in [1.54, 1.807) is 16.9 Å². The van der Waals surface area contributed by atoms with Crippen LogP contribution in [-0.4, -0.2) is 56.0 Å². The number of nitrogens with two attached hydrogens (primary N) is 1. The van der Waals surface area contributed by atoms with E-state index in [1.165, 1.54) is 0 Å². The topological polar surface area (TPSA) is 97.1 Å². The van der Waals surface area contributed by atoms with Crippen LogP contribution >= 0.6 is 0 Å². The SMILES string of the molecule is COc1cccc(CNC(=O)CN(CC(=O)N2CCC(N)C2)c2cccc(Oc3ccccc3)c2)c1. The van der Waals surface area contributed by atoms with Gasteiger partial charge in [-0.1, -0.05) is 36.4 Å². The number of ether oxygens (including phenoxy) is 2. The van der Waals surface area contributed by atoms with Crippen molar-refractivity contribution in [2.24, 2.45) is 5.73 Å². The number of nitrogens with zero attached hydrogens (tertiary/aromatic N) is 2. The Balaban J connectivity index is 1.47. The lowest BCUT2D eigenvalue weighted by Gasteiger charge is -2.27. The number of methoxy groups -OCH3 is 1. The molecule has 0 bridgehead atoms. The maximum Gasteiger partial charge on any atom is 0.242 e. The van der Waals surface area contributed by atoms with Crippen molar-refractivity contribution >= 4 is 17.5 Å². The van der Waals surface area contributed by atoms with Gasteiger partial charge in [-0.25, -0.2) is 0 Å². The van der Waals surface area contributed by atoms with Crippen LogP contribution < -0.4 is 25.4 Å². The van der Waals surface area contributed by atoms with Gasteiger partial charge in [0.15, 0.2) is 0 Å². The Morgan fingerprint density at radius 1 is 0.972 bits per heavy atom. The van der Waals surface area contributed by atoms with E-state index >= 15 is 0 Å². The molecule has 0 radical (unpaired) electrons. The van der Waals surface area contributed by atoms with E-state index in [0.29, 0.717) is 31.1 Å². The number of likely N-dealkylation sites (tertiary alicyclic amines) is 1. The molecule has 1 atom stereocenters. The first-order chi connectivity index (χ1) is 17.5. The summed E-state index contributed by atoms with van der Waals surface area (Å²) in [6, 6.07) is 24.4. The summed E-state index contributed by atoms with van der Waals surface area (Å²) in [5, 5.41) is 2.94. The molecular formula is C28H32N4O4. The van der Waals surface area contributed by atoms with E-state index in [-0.39, 0.29) is 30.9 Å². The second-order valence-corrected chi connectivity index (χ2v) is 8.79. The first-order valence-corrected chi connectivity index (χ1v) is 12.0. The maximum atomic E-state index is 13.0. The maximum absolute atomic E-state index is 13.0. The summed E-state index contributed by atoms with van der Waals surface area (Å²) < 4.78 is 11.2. The molecule has 0 aliphatic carbocycles. The molecular weight excluding hydrogens is 456 g/mol. The minimum atomic E-state index is -0.196. The van der Waals surface area contributed by atoms with Gasteiger partial charge in [0.2, 0.25) is 11.8 Å². The highest BCUT2D eigenvalue weighted by Crippen LogP contribution is 2.26. The highest BCUT2D eigenvalue weighted by atomic mass is 16.5. The lowest BCUT2D eigenvalue weighted by molar-refractivity contribution is -0.128. The number of hydrogen-bond acceptors (Lipinski definition) is 6. The summed E-state index contributed by atoms with van der Waals surface area (Å²) in [7, 11) is 1.61. The Kier molecular flexibility index (Phi) is 8.41. The van der Waals surface area contributed by atoms with Gasteiger partial charge in [-0.05, 0) is 48.4 Å². The van der Waals surface area contributed by atoms with Gasteiger partial charge in [-0.15, -0.1) is 0 Å². The van der Waals surface area contributed by atoms with Crippen LogP contribution in [0.3, 0.4) is 0 Å². The molecule has 0 aromatic heterocycles. The van der Waals surface area contributed by atoms with Crippen LogP contribution in [0.2, 0.25) is 0 Å². The van der Waals surface area contributed by atoms with Gasteiger partial charge in [0.1, 0.15) is 17.2 Å². The first kappa shape index (κ1) is 25.1. The number of rotatable bonds is 10. The normalized spacial score (nSPS) is 14.8. The number of hydrogen-bond donors (Lipinski definition) is 2. The number of nitrogens with one attached hydrogen (secondary N) is 1. The van der Waals surface area contributed by atoms with E-state index in [1.807, 2.05) is 78.9 Å². The van der Waals surface area contributed by atoms with Gasteiger partial charge < -0.3 is 30.3 Å². The zero-order valence-electron chi connectivity index (χ0n) is 20.4. The van der Waals surface area contributed by atoms with Crippen molar-refractivity contribution in [3.8, 4) is 17.2 Å². The molecule has 36 heavy (non-hydrogen) atoms. The minimum Gasteiger partial charge on any atom is -0.497 e. The molecule has 3 aromatic carbocycles. The minimum absolute atomic E-state index is 0.00355. The molecule has 3 N–H and O–H groups in total. The van der Waals surface area contributed by atoms with Crippen LogP contribution in [0.4, 0.5) is 5.69 Å². The summed E-state index contributed by atoms with van der Waals surface area (Å²) >= 11 is 0. The van der Waals surface area contributed by atoms with E-state index in [2.05, 4.69) is 5.32 Å². The zero-order chi connectivity index (χ0) is 25.3. The monoisotopic (exact) mass is 488 g/mol. The Labute approximate surface area is 211 Å². The largest absolute Gasteiger partial charge is 0.497 e. The molecule has 3 aromatic rings. The molecule has 1 aliphatic rings. The third kappa shape index (κ3) is 6.99. The van der Waals surface area contributed by atoms with Gasteiger partial charge in [-0.2, -0.15) is 0 Å². The molecule has 8 nitrogen and oxygen atoms in total. The lowest BCUT2D eigenvalue weighted by atomic mass is 10.2. The first-order valence-electron chi connectivity index (χ1n) is 12.0. The van der Waals surface area contributed by atoms with Crippen molar-refractivity contribution in [1.82, 2.24) is 10.2 Å². The van der Waals surface area contributed by atoms with Gasteiger partial charge >= 0.3 is 0 Å². The third-order valence-corrected chi connectivity index (χ3v) is 6.02.